The van der Waals surface area contributed by atoms with Crippen LogP contribution in [0.15, 0.2) is 15.9 Å². The van der Waals surface area contributed by atoms with E-state index in [4.69, 9.17) is 0 Å². The molecule has 1 nitrogen and oxygen atoms in total. The van der Waals surface area contributed by atoms with Crippen LogP contribution >= 0.6 is 27.3 Å². The SMILES string of the molecule is O[C@@]1(c2ccc(Br)s2)CC[C@H]1F. The van der Waals surface area contributed by atoms with Gasteiger partial charge in [0.15, 0.2) is 0 Å². The molecular weight excluding hydrogens is 243 g/mol. The minimum atomic E-state index is -1.18. The van der Waals surface area contributed by atoms with Gasteiger partial charge in [-0.1, -0.05) is 0 Å². The zero-order valence-corrected chi connectivity index (χ0v) is 8.66. The van der Waals surface area contributed by atoms with E-state index in [2.05, 4.69) is 15.9 Å². The summed E-state index contributed by atoms with van der Waals surface area (Å²) in [7, 11) is 0. The Kier molecular flexibility index (Phi) is 2.01. The van der Waals surface area contributed by atoms with E-state index in [9.17, 15) is 9.50 Å². The molecule has 2 atom stereocenters. The number of alkyl halides is 1. The van der Waals surface area contributed by atoms with Gasteiger partial charge in [-0.25, -0.2) is 4.39 Å². The van der Waals surface area contributed by atoms with Crippen LogP contribution in [0, 0.1) is 0 Å². The number of aliphatic hydroxyl groups is 1. The maximum Gasteiger partial charge on any atom is 0.134 e. The van der Waals surface area contributed by atoms with Crippen molar-refractivity contribution in [2.75, 3.05) is 0 Å². The first-order valence-corrected chi connectivity index (χ1v) is 5.36. The van der Waals surface area contributed by atoms with Crippen LogP contribution in [0.1, 0.15) is 17.7 Å². The molecule has 0 unspecified atom stereocenters. The summed E-state index contributed by atoms with van der Waals surface area (Å²) in [4.78, 5) is 0.730. The highest BCUT2D eigenvalue weighted by molar-refractivity contribution is 9.11. The van der Waals surface area contributed by atoms with Gasteiger partial charge in [0.2, 0.25) is 0 Å². The van der Waals surface area contributed by atoms with Crippen LogP contribution in [-0.2, 0) is 5.60 Å². The summed E-state index contributed by atoms with van der Waals surface area (Å²) in [5.74, 6) is 0. The van der Waals surface area contributed by atoms with E-state index in [0.29, 0.717) is 12.8 Å². The Morgan fingerprint density at radius 2 is 2.42 bits per heavy atom. The van der Waals surface area contributed by atoms with Gasteiger partial charge >= 0.3 is 0 Å². The number of hydrogen-bond acceptors (Lipinski definition) is 2. The molecule has 1 heterocycles. The van der Waals surface area contributed by atoms with Crippen LogP contribution in [-0.4, -0.2) is 11.3 Å². The van der Waals surface area contributed by atoms with Crippen molar-refractivity contribution in [1.29, 1.82) is 0 Å². The lowest BCUT2D eigenvalue weighted by Crippen LogP contribution is -2.45. The molecule has 1 aromatic heterocycles. The fourth-order valence-electron chi connectivity index (χ4n) is 1.35. The summed E-state index contributed by atoms with van der Waals surface area (Å²) in [6.07, 6.45) is -0.0595. The van der Waals surface area contributed by atoms with Crippen molar-refractivity contribution < 1.29 is 9.50 Å². The van der Waals surface area contributed by atoms with E-state index in [-0.39, 0.29) is 0 Å². The third-order valence-corrected chi connectivity index (χ3v) is 4.09. The molecule has 1 fully saturated rings. The van der Waals surface area contributed by atoms with Crippen LogP contribution < -0.4 is 0 Å². The summed E-state index contributed by atoms with van der Waals surface area (Å²) in [6, 6.07) is 3.61. The number of thiophene rings is 1. The lowest BCUT2D eigenvalue weighted by Gasteiger charge is -2.39. The predicted molar refractivity (Wildman–Crippen MR) is 50.0 cm³/mol. The Hall–Kier alpha value is 0.0700. The van der Waals surface area contributed by atoms with Crippen LogP contribution in [0.25, 0.3) is 0 Å². The highest BCUT2D eigenvalue weighted by Crippen LogP contribution is 2.46. The van der Waals surface area contributed by atoms with E-state index in [1.165, 1.54) is 11.3 Å². The Bertz CT molecular complexity index is 301. The van der Waals surface area contributed by atoms with E-state index >= 15 is 0 Å². The molecule has 1 aliphatic carbocycles. The normalized spacial score (nSPS) is 34.8. The van der Waals surface area contributed by atoms with Gasteiger partial charge in [-0.2, -0.15) is 0 Å². The van der Waals surface area contributed by atoms with Gasteiger partial charge in [0, 0.05) is 4.88 Å². The monoisotopic (exact) mass is 250 g/mol. The second kappa shape index (κ2) is 2.79. The Morgan fingerprint density at radius 1 is 1.67 bits per heavy atom. The van der Waals surface area contributed by atoms with Crippen molar-refractivity contribution >= 4 is 27.3 Å². The number of hydrogen-bond donors (Lipinski definition) is 1. The lowest BCUT2D eigenvalue weighted by atomic mass is 9.77. The van der Waals surface area contributed by atoms with E-state index in [0.717, 1.165) is 8.66 Å². The molecule has 0 saturated heterocycles. The lowest BCUT2D eigenvalue weighted by molar-refractivity contribution is -0.111. The van der Waals surface area contributed by atoms with E-state index < -0.39 is 11.8 Å². The van der Waals surface area contributed by atoms with Crippen LogP contribution in [0.2, 0.25) is 0 Å². The fourth-order valence-corrected chi connectivity index (χ4v) is 2.90. The molecule has 4 heteroatoms. The molecule has 1 aromatic rings. The average Bonchev–Trinajstić information content (AvgIpc) is 2.47. The summed E-state index contributed by atoms with van der Waals surface area (Å²) in [6.45, 7) is 0. The van der Waals surface area contributed by atoms with Gasteiger partial charge in [0.1, 0.15) is 11.8 Å². The molecule has 0 aliphatic heterocycles. The zero-order valence-electron chi connectivity index (χ0n) is 6.26. The molecule has 0 radical (unpaired) electrons. The quantitative estimate of drug-likeness (QED) is 0.813. The molecule has 0 spiro atoms. The van der Waals surface area contributed by atoms with Crippen molar-refractivity contribution in [2.45, 2.75) is 24.6 Å². The van der Waals surface area contributed by atoms with Crippen molar-refractivity contribution in [2.24, 2.45) is 0 Å². The van der Waals surface area contributed by atoms with Gasteiger partial charge in [-0.05, 0) is 40.9 Å². The Labute approximate surface area is 82.4 Å². The van der Waals surface area contributed by atoms with Crippen molar-refractivity contribution in [1.82, 2.24) is 0 Å². The minimum absolute atomic E-state index is 0.478. The Balaban J connectivity index is 2.30. The summed E-state index contributed by atoms with van der Waals surface area (Å²) < 4.78 is 13.9. The average molecular weight is 251 g/mol. The van der Waals surface area contributed by atoms with Gasteiger partial charge < -0.3 is 5.11 Å². The van der Waals surface area contributed by atoms with E-state index in [1.807, 2.05) is 6.07 Å². The topological polar surface area (TPSA) is 20.2 Å². The molecular formula is C8H8BrFOS. The number of rotatable bonds is 1. The molecule has 1 N–H and O–H groups in total. The highest BCUT2D eigenvalue weighted by Gasteiger charge is 2.48. The fraction of sp³-hybridized carbons (Fsp3) is 0.500. The third-order valence-electron chi connectivity index (χ3n) is 2.30. The molecule has 0 bridgehead atoms. The van der Waals surface area contributed by atoms with Crippen molar-refractivity contribution in [3.63, 3.8) is 0 Å². The summed E-state index contributed by atoms with van der Waals surface area (Å²) in [5.41, 5.74) is -1.18. The highest BCUT2D eigenvalue weighted by atomic mass is 79.9. The first kappa shape index (κ1) is 8.66. The molecule has 12 heavy (non-hydrogen) atoms. The van der Waals surface area contributed by atoms with Crippen molar-refractivity contribution in [3.8, 4) is 0 Å². The molecule has 2 rings (SSSR count). The van der Waals surface area contributed by atoms with Gasteiger partial charge in [0.25, 0.3) is 0 Å². The molecule has 1 aliphatic rings. The minimum Gasteiger partial charge on any atom is -0.381 e. The van der Waals surface area contributed by atoms with E-state index in [1.54, 1.807) is 6.07 Å². The van der Waals surface area contributed by atoms with Crippen LogP contribution in [0.4, 0.5) is 4.39 Å². The maximum atomic E-state index is 13.0. The molecule has 0 amide bonds. The number of halogens is 2. The van der Waals surface area contributed by atoms with Crippen LogP contribution in [0.3, 0.4) is 0 Å². The summed E-state index contributed by atoms with van der Waals surface area (Å²) in [5, 5.41) is 9.78. The Morgan fingerprint density at radius 3 is 2.75 bits per heavy atom. The molecule has 0 aromatic carbocycles. The second-order valence-electron chi connectivity index (χ2n) is 3.03. The first-order valence-electron chi connectivity index (χ1n) is 3.75. The van der Waals surface area contributed by atoms with Crippen LogP contribution in [0.5, 0.6) is 0 Å². The van der Waals surface area contributed by atoms with Gasteiger partial charge in [-0.3, -0.25) is 0 Å². The largest absolute Gasteiger partial charge is 0.381 e. The third kappa shape index (κ3) is 1.13. The smallest absolute Gasteiger partial charge is 0.134 e. The van der Waals surface area contributed by atoms with Crippen molar-refractivity contribution in [3.05, 3.63) is 20.8 Å². The van der Waals surface area contributed by atoms with Gasteiger partial charge in [-0.15, -0.1) is 11.3 Å². The summed E-state index contributed by atoms with van der Waals surface area (Å²) >= 11 is 4.68. The predicted octanol–water partition coefficient (Wildman–Crippen LogP) is 2.83. The second-order valence-corrected chi connectivity index (χ2v) is 5.50. The maximum absolute atomic E-state index is 13.0. The first-order chi connectivity index (χ1) is 5.63. The standard InChI is InChI=1S/C8H8BrFOS/c9-7-2-1-6(12-7)8(11)4-3-5(8)10/h1-2,5,11H,3-4H2/t5-,8+/m1/s1. The molecule has 1 saturated carbocycles. The molecule has 66 valence electrons. The zero-order chi connectivity index (χ0) is 8.77. The van der Waals surface area contributed by atoms with Gasteiger partial charge in [0.05, 0.1) is 3.79 Å².